The minimum absolute atomic E-state index is 0.00889. The zero-order chi connectivity index (χ0) is 14.8. The molecule has 0 atom stereocenters. The van der Waals surface area contributed by atoms with Gasteiger partial charge in [-0.3, -0.25) is 0 Å². The van der Waals surface area contributed by atoms with Gasteiger partial charge in [-0.2, -0.15) is 0 Å². The Morgan fingerprint density at radius 3 is 1.61 bits per heavy atom. The summed E-state index contributed by atoms with van der Waals surface area (Å²) < 4.78 is 49.3. The van der Waals surface area contributed by atoms with Crippen LogP contribution in [0.15, 0.2) is 0 Å². The maximum absolute atomic E-state index is 11.8. The van der Waals surface area contributed by atoms with Gasteiger partial charge in [0.15, 0.2) is 9.84 Å². The Bertz CT molecular complexity index is 418. The van der Waals surface area contributed by atoms with E-state index in [1.807, 2.05) is 20.8 Å². The highest BCUT2D eigenvalue weighted by molar-refractivity contribution is 7.94. The second-order valence-electron chi connectivity index (χ2n) is 6.82. The highest BCUT2D eigenvalue weighted by Gasteiger charge is 2.26. The van der Waals surface area contributed by atoms with Crippen LogP contribution in [-0.2, 0) is 19.9 Å². The zero-order valence-electron chi connectivity index (χ0n) is 12.1. The maximum atomic E-state index is 11.8. The second-order valence-corrected chi connectivity index (χ2v) is 10.8. The van der Waals surface area contributed by atoms with Crippen LogP contribution in [0.3, 0.4) is 0 Å². The summed E-state index contributed by atoms with van der Waals surface area (Å²) in [4.78, 5) is 0. The summed E-state index contributed by atoms with van der Waals surface area (Å²) in [6, 6.07) is 0. The lowest BCUT2D eigenvalue weighted by Crippen LogP contribution is -2.43. The SMILES string of the molecule is CC(C)(C)CS(=O)(=O)CCS(=O)(=O)NC(C)(C)C. The molecule has 0 unspecified atom stereocenters. The monoisotopic (exact) mass is 299 g/mol. The molecule has 110 valence electrons. The number of sulfone groups is 1. The van der Waals surface area contributed by atoms with Gasteiger partial charge in [0.1, 0.15) is 0 Å². The molecule has 0 spiro atoms. The molecule has 0 aromatic carbocycles. The van der Waals surface area contributed by atoms with Crippen LogP contribution in [0.2, 0.25) is 0 Å². The quantitative estimate of drug-likeness (QED) is 0.826. The summed E-state index contributed by atoms with van der Waals surface area (Å²) in [5.41, 5.74) is -0.952. The van der Waals surface area contributed by atoms with Crippen molar-refractivity contribution in [3.63, 3.8) is 0 Å². The molecule has 0 saturated heterocycles. The molecule has 0 aromatic rings. The first-order valence-electron chi connectivity index (χ1n) is 5.84. The van der Waals surface area contributed by atoms with Gasteiger partial charge in [-0.25, -0.2) is 21.6 Å². The molecule has 0 aromatic heterocycles. The number of hydrogen-bond donors (Lipinski definition) is 1. The van der Waals surface area contributed by atoms with Gasteiger partial charge in [-0.1, -0.05) is 20.8 Å². The first kappa shape index (κ1) is 17.9. The largest absolute Gasteiger partial charge is 0.229 e. The van der Waals surface area contributed by atoms with Crippen LogP contribution in [0.25, 0.3) is 0 Å². The minimum atomic E-state index is -3.56. The molecular weight excluding hydrogens is 274 g/mol. The third kappa shape index (κ3) is 9.85. The van der Waals surface area contributed by atoms with Crippen molar-refractivity contribution in [2.24, 2.45) is 5.41 Å². The van der Waals surface area contributed by atoms with Crippen LogP contribution in [0, 0.1) is 5.41 Å². The van der Waals surface area contributed by atoms with Gasteiger partial charge >= 0.3 is 0 Å². The normalized spacial score (nSPS) is 14.8. The fourth-order valence-electron chi connectivity index (χ4n) is 1.49. The van der Waals surface area contributed by atoms with E-state index in [2.05, 4.69) is 4.72 Å². The van der Waals surface area contributed by atoms with Crippen molar-refractivity contribution in [2.45, 2.75) is 47.1 Å². The highest BCUT2D eigenvalue weighted by Crippen LogP contribution is 2.16. The fourth-order valence-corrected chi connectivity index (χ4v) is 5.88. The molecule has 0 saturated carbocycles. The summed E-state index contributed by atoms with van der Waals surface area (Å²) >= 11 is 0. The van der Waals surface area contributed by atoms with Gasteiger partial charge < -0.3 is 0 Å². The van der Waals surface area contributed by atoms with E-state index < -0.39 is 25.4 Å². The Labute approximate surface area is 111 Å². The second kappa shape index (κ2) is 5.46. The third-order valence-corrected chi connectivity index (χ3v) is 5.83. The van der Waals surface area contributed by atoms with E-state index in [0.29, 0.717) is 0 Å². The lowest BCUT2D eigenvalue weighted by molar-refractivity contribution is 0.461. The maximum Gasteiger partial charge on any atom is 0.213 e. The van der Waals surface area contributed by atoms with Crippen molar-refractivity contribution >= 4 is 19.9 Å². The number of hydrogen-bond acceptors (Lipinski definition) is 4. The summed E-state index contributed by atoms with van der Waals surface area (Å²) in [7, 11) is -6.90. The summed E-state index contributed by atoms with van der Waals surface area (Å²) in [6.45, 7) is 10.6. The van der Waals surface area contributed by atoms with Crippen molar-refractivity contribution in [3.8, 4) is 0 Å². The van der Waals surface area contributed by atoms with Gasteiger partial charge in [-0.05, 0) is 26.2 Å². The predicted octanol–water partition coefficient (Wildman–Crippen LogP) is 1.17. The van der Waals surface area contributed by atoms with Crippen molar-refractivity contribution in [1.82, 2.24) is 4.72 Å². The molecule has 0 aliphatic heterocycles. The number of sulfonamides is 1. The van der Waals surface area contributed by atoms with E-state index >= 15 is 0 Å². The third-order valence-electron chi connectivity index (χ3n) is 1.78. The van der Waals surface area contributed by atoms with Gasteiger partial charge in [0.25, 0.3) is 0 Å². The minimum Gasteiger partial charge on any atom is -0.229 e. The molecule has 1 N–H and O–H groups in total. The van der Waals surface area contributed by atoms with Gasteiger partial charge in [0, 0.05) is 5.54 Å². The molecule has 0 radical (unpaired) electrons. The van der Waals surface area contributed by atoms with Crippen molar-refractivity contribution in [2.75, 3.05) is 17.3 Å². The lowest BCUT2D eigenvalue weighted by Gasteiger charge is -2.21. The van der Waals surface area contributed by atoms with E-state index in [9.17, 15) is 16.8 Å². The van der Waals surface area contributed by atoms with Crippen LogP contribution < -0.4 is 4.72 Å². The standard InChI is InChI=1S/C11H25NO4S2/c1-10(2,3)9-17(13,14)7-8-18(15,16)12-11(4,5)6/h12H,7-9H2,1-6H3. The molecule has 0 fully saturated rings. The first-order chi connectivity index (χ1) is 7.62. The van der Waals surface area contributed by atoms with Crippen LogP contribution in [0.5, 0.6) is 0 Å². The zero-order valence-corrected chi connectivity index (χ0v) is 13.7. The molecule has 0 aliphatic rings. The molecule has 18 heavy (non-hydrogen) atoms. The van der Waals surface area contributed by atoms with Crippen LogP contribution in [0.4, 0.5) is 0 Å². The Balaban J connectivity index is 4.60. The van der Waals surface area contributed by atoms with Gasteiger partial charge in [0.05, 0.1) is 17.3 Å². The Kier molecular flexibility index (Phi) is 5.42. The van der Waals surface area contributed by atoms with Crippen LogP contribution >= 0.6 is 0 Å². The number of rotatable bonds is 5. The van der Waals surface area contributed by atoms with E-state index in [4.69, 9.17) is 0 Å². The highest BCUT2D eigenvalue weighted by atomic mass is 32.2. The topological polar surface area (TPSA) is 80.3 Å². The average Bonchev–Trinajstić information content (AvgIpc) is 1.91. The molecule has 0 amide bonds. The molecule has 0 aliphatic carbocycles. The van der Waals surface area contributed by atoms with Crippen molar-refractivity contribution in [1.29, 1.82) is 0 Å². The van der Waals surface area contributed by atoms with E-state index in [0.717, 1.165) is 0 Å². The summed E-state index contributed by atoms with van der Waals surface area (Å²) in [5.74, 6) is -0.733. The van der Waals surface area contributed by atoms with Crippen LogP contribution in [-0.4, -0.2) is 39.6 Å². The van der Waals surface area contributed by atoms with E-state index in [1.165, 1.54) is 0 Å². The molecule has 0 bridgehead atoms. The van der Waals surface area contributed by atoms with Gasteiger partial charge in [-0.15, -0.1) is 0 Å². The fraction of sp³-hybridized carbons (Fsp3) is 1.00. The van der Waals surface area contributed by atoms with E-state index in [-0.39, 0.29) is 22.7 Å². The average molecular weight is 299 g/mol. The summed E-state index contributed by atoms with van der Waals surface area (Å²) in [5, 5.41) is 0. The molecule has 0 heterocycles. The number of nitrogens with one attached hydrogen (secondary N) is 1. The summed E-state index contributed by atoms with van der Waals surface area (Å²) in [6.07, 6.45) is 0. The molecule has 0 rings (SSSR count). The molecular formula is C11H25NO4S2. The van der Waals surface area contributed by atoms with Crippen molar-refractivity contribution < 1.29 is 16.8 Å². The first-order valence-corrected chi connectivity index (χ1v) is 9.31. The molecule has 7 heteroatoms. The van der Waals surface area contributed by atoms with Crippen LogP contribution in [0.1, 0.15) is 41.5 Å². The smallest absolute Gasteiger partial charge is 0.213 e. The lowest BCUT2D eigenvalue weighted by atomic mass is 10.0. The van der Waals surface area contributed by atoms with E-state index in [1.54, 1.807) is 20.8 Å². The Hall–Kier alpha value is -0.140. The molecule has 5 nitrogen and oxygen atoms in total. The van der Waals surface area contributed by atoms with Gasteiger partial charge in [0.2, 0.25) is 10.0 Å². The predicted molar refractivity (Wildman–Crippen MR) is 74.8 cm³/mol. The Morgan fingerprint density at radius 2 is 1.28 bits per heavy atom. The Morgan fingerprint density at radius 1 is 0.833 bits per heavy atom. The van der Waals surface area contributed by atoms with Crippen molar-refractivity contribution in [3.05, 3.63) is 0 Å².